The predicted octanol–water partition coefficient (Wildman–Crippen LogP) is 3.76. The third kappa shape index (κ3) is 5.74. The van der Waals surface area contributed by atoms with Crippen molar-refractivity contribution in [3.05, 3.63) is 34.9 Å². The van der Waals surface area contributed by atoms with Crippen molar-refractivity contribution in [2.75, 3.05) is 19.6 Å². The molecular weight excluding hydrogens is 267 g/mol. The van der Waals surface area contributed by atoms with Crippen molar-refractivity contribution in [2.24, 2.45) is 0 Å². The van der Waals surface area contributed by atoms with E-state index in [9.17, 15) is 18.0 Å². The van der Waals surface area contributed by atoms with E-state index in [1.54, 1.807) is 19.1 Å². The predicted molar refractivity (Wildman–Crippen MR) is 73.0 cm³/mol. The summed E-state index contributed by atoms with van der Waals surface area (Å²) in [6.45, 7) is 4.88. The highest BCUT2D eigenvalue weighted by atomic mass is 19.4. The molecule has 0 amide bonds. The van der Waals surface area contributed by atoms with Gasteiger partial charge < -0.3 is 0 Å². The van der Waals surface area contributed by atoms with Crippen LogP contribution in [-0.2, 0) is 0 Å². The summed E-state index contributed by atoms with van der Waals surface area (Å²) in [5, 5.41) is 0. The summed E-state index contributed by atoms with van der Waals surface area (Å²) in [7, 11) is 0. The van der Waals surface area contributed by atoms with E-state index in [4.69, 9.17) is 0 Å². The fourth-order valence-electron chi connectivity index (χ4n) is 2.14. The van der Waals surface area contributed by atoms with Crippen LogP contribution >= 0.6 is 0 Å². The maximum atomic E-state index is 12.3. The summed E-state index contributed by atoms with van der Waals surface area (Å²) in [4.78, 5) is 13.3. The molecule has 1 aromatic rings. The number of carbonyl (C=O) groups excluding carboxylic acids is 1. The Balaban J connectivity index is 2.61. The lowest BCUT2D eigenvalue weighted by Crippen LogP contribution is -2.35. The normalized spacial score (nSPS) is 11.9. The van der Waals surface area contributed by atoms with Gasteiger partial charge in [-0.3, -0.25) is 9.69 Å². The van der Waals surface area contributed by atoms with E-state index in [1.807, 2.05) is 19.9 Å². The van der Waals surface area contributed by atoms with Gasteiger partial charge in [-0.2, -0.15) is 13.2 Å². The molecule has 0 spiro atoms. The maximum absolute atomic E-state index is 12.3. The van der Waals surface area contributed by atoms with Crippen molar-refractivity contribution in [1.82, 2.24) is 4.90 Å². The minimum atomic E-state index is -4.22. The number of alkyl halides is 3. The van der Waals surface area contributed by atoms with Crippen LogP contribution in [0.3, 0.4) is 0 Å². The largest absolute Gasteiger partial charge is 0.401 e. The molecule has 0 radical (unpaired) electrons. The molecular formula is C15H20F3NO. The van der Waals surface area contributed by atoms with Gasteiger partial charge in [0.1, 0.15) is 0 Å². The average molecular weight is 287 g/mol. The molecule has 1 aromatic carbocycles. The summed E-state index contributed by atoms with van der Waals surface area (Å²) in [6, 6.07) is 5.50. The number of Topliss-reactive ketones (excluding diaryl/α,β-unsaturated/α-hetero) is 1. The molecule has 0 bridgehead atoms. The van der Waals surface area contributed by atoms with Gasteiger partial charge >= 0.3 is 6.18 Å². The van der Waals surface area contributed by atoms with E-state index < -0.39 is 12.7 Å². The summed E-state index contributed by atoms with van der Waals surface area (Å²) < 4.78 is 37.0. The van der Waals surface area contributed by atoms with Crippen molar-refractivity contribution in [1.29, 1.82) is 0 Å². The molecule has 0 saturated carbocycles. The van der Waals surface area contributed by atoms with E-state index in [1.165, 1.54) is 4.90 Å². The highest BCUT2D eigenvalue weighted by Gasteiger charge is 2.30. The van der Waals surface area contributed by atoms with Gasteiger partial charge in [0, 0.05) is 18.5 Å². The molecule has 20 heavy (non-hydrogen) atoms. The summed E-state index contributed by atoms with van der Waals surface area (Å²) >= 11 is 0. The van der Waals surface area contributed by atoms with Crippen LogP contribution in [0.5, 0.6) is 0 Å². The van der Waals surface area contributed by atoms with Crippen LogP contribution in [0.1, 0.15) is 34.8 Å². The molecule has 0 saturated heterocycles. The Kier molecular flexibility index (Phi) is 5.74. The summed E-state index contributed by atoms with van der Waals surface area (Å²) in [6.07, 6.45) is -4.12. The minimum absolute atomic E-state index is 0.104. The third-order valence-corrected chi connectivity index (χ3v) is 3.05. The van der Waals surface area contributed by atoms with E-state index in [-0.39, 0.29) is 25.3 Å². The topological polar surface area (TPSA) is 20.3 Å². The Morgan fingerprint density at radius 2 is 1.70 bits per heavy atom. The van der Waals surface area contributed by atoms with Gasteiger partial charge in [-0.25, -0.2) is 0 Å². The molecule has 2 nitrogen and oxygen atoms in total. The van der Waals surface area contributed by atoms with Crippen LogP contribution in [0.25, 0.3) is 0 Å². The second-order valence-electron chi connectivity index (χ2n) is 5.03. The highest BCUT2D eigenvalue weighted by molar-refractivity contribution is 5.96. The first kappa shape index (κ1) is 16.7. The number of nitrogens with zero attached hydrogens (tertiary/aromatic N) is 1. The van der Waals surface area contributed by atoms with Crippen molar-refractivity contribution in [2.45, 2.75) is 33.4 Å². The fraction of sp³-hybridized carbons (Fsp3) is 0.533. The first-order valence-corrected chi connectivity index (χ1v) is 6.62. The van der Waals surface area contributed by atoms with E-state index in [0.29, 0.717) is 5.56 Å². The number of hydrogen-bond donors (Lipinski definition) is 0. The zero-order chi connectivity index (χ0) is 15.3. The summed E-state index contributed by atoms with van der Waals surface area (Å²) in [5.74, 6) is -0.113. The van der Waals surface area contributed by atoms with Crippen LogP contribution in [0.2, 0.25) is 0 Å². The van der Waals surface area contributed by atoms with E-state index in [0.717, 1.165) is 11.1 Å². The molecule has 0 unspecified atom stereocenters. The zero-order valence-electron chi connectivity index (χ0n) is 12.0. The molecule has 0 N–H and O–H groups in total. The molecule has 0 aromatic heterocycles. The van der Waals surface area contributed by atoms with Gasteiger partial charge in [0.25, 0.3) is 0 Å². The number of hydrogen-bond acceptors (Lipinski definition) is 2. The molecule has 0 aliphatic rings. The molecule has 112 valence electrons. The number of ketones is 1. The van der Waals surface area contributed by atoms with Crippen molar-refractivity contribution < 1.29 is 18.0 Å². The van der Waals surface area contributed by atoms with Crippen LogP contribution in [-0.4, -0.2) is 36.5 Å². The molecule has 0 heterocycles. The maximum Gasteiger partial charge on any atom is 0.401 e. The Labute approximate surface area is 117 Å². The summed E-state index contributed by atoms with van der Waals surface area (Å²) in [5.41, 5.74) is 2.54. The number of aryl methyl sites for hydroxylation is 2. The van der Waals surface area contributed by atoms with Crippen molar-refractivity contribution >= 4 is 5.78 Å². The Hall–Kier alpha value is -1.36. The third-order valence-electron chi connectivity index (χ3n) is 3.05. The van der Waals surface area contributed by atoms with Crippen LogP contribution in [0.15, 0.2) is 18.2 Å². The average Bonchev–Trinajstić information content (AvgIpc) is 2.31. The van der Waals surface area contributed by atoms with Crippen molar-refractivity contribution in [3.63, 3.8) is 0 Å². The van der Waals surface area contributed by atoms with Gasteiger partial charge in [0.05, 0.1) is 6.54 Å². The van der Waals surface area contributed by atoms with Gasteiger partial charge in [0.15, 0.2) is 5.78 Å². The molecule has 0 fully saturated rings. The first-order valence-electron chi connectivity index (χ1n) is 6.62. The number of rotatable bonds is 6. The number of carbonyl (C=O) groups is 1. The van der Waals surface area contributed by atoms with Crippen LogP contribution in [0.4, 0.5) is 13.2 Å². The monoisotopic (exact) mass is 287 g/mol. The quantitative estimate of drug-likeness (QED) is 0.742. The Bertz CT molecular complexity index is 448. The molecule has 5 heteroatoms. The lowest BCUT2D eigenvalue weighted by Gasteiger charge is -2.21. The van der Waals surface area contributed by atoms with Gasteiger partial charge in [-0.05, 0) is 32.5 Å². The lowest BCUT2D eigenvalue weighted by atomic mass is 10.0. The number of benzene rings is 1. The zero-order valence-corrected chi connectivity index (χ0v) is 12.0. The molecule has 0 aliphatic carbocycles. The highest BCUT2D eigenvalue weighted by Crippen LogP contribution is 2.17. The van der Waals surface area contributed by atoms with Gasteiger partial charge in [-0.15, -0.1) is 0 Å². The first-order chi connectivity index (χ1) is 9.21. The smallest absolute Gasteiger partial charge is 0.295 e. The van der Waals surface area contributed by atoms with E-state index >= 15 is 0 Å². The van der Waals surface area contributed by atoms with Gasteiger partial charge in [-0.1, -0.05) is 24.1 Å². The standard InChI is InChI=1S/C15H20F3NO/c1-4-19(10-15(16,17)18)6-5-14(20)13-8-11(2)7-12(3)9-13/h7-9H,4-6,10H2,1-3H3. The number of halogens is 3. The second-order valence-corrected chi connectivity index (χ2v) is 5.03. The molecule has 0 atom stereocenters. The fourth-order valence-corrected chi connectivity index (χ4v) is 2.14. The Morgan fingerprint density at radius 3 is 2.15 bits per heavy atom. The SMILES string of the molecule is CCN(CCC(=O)c1cc(C)cc(C)c1)CC(F)(F)F. The molecule has 0 aliphatic heterocycles. The van der Waals surface area contributed by atoms with Crippen LogP contribution in [0, 0.1) is 13.8 Å². The second kappa shape index (κ2) is 6.88. The Morgan fingerprint density at radius 1 is 1.15 bits per heavy atom. The van der Waals surface area contributed by atoms with E-state index in [2.05, 4.69) is 0 Å². The lowest BCUT2D eigenvalue weighted by molar-refractivity contribution is -0.145. The van der Waals surface area contributed by atoms with Crippen molar-refractivity contribution in [3.8, 4) is 0 Å². The van der Waals surface area contributed by atoms with Crippen LogP contribution < -0.4 is 0 Å². The minimum Gasteiger partial charge on any atom is -0.295 e. The van der Waals surface area contributed by atoms with Gasteiger partial charge in [0.2, 0.25) is 0 Å². The molecule has 1 rings (SSSR count).